The molecule has 4 rings (SSSR count). The third-order valence-electron chi connectivity index (χ3n) is 4.16. The van der Waals surface area contributed by atoms with Gasteiger partial charge >= 0.3 is 0 Å². The van der Waals surface area contributed by atoms with Crippen LogP contribution in [0.4, 0.5) is 0 Å². The third-order valence-corrected chi connectivity index (χ3v) is 4.16. The maximum absolute atomic E-state index is 5.80. The van der Waals surface area contributed by atoms with E-state index in [1.165, 1.54) is 5.39 Å². The van der Waals surface area contributed by atoms with E-state index in [0.29, 0.717) is 19.0 Å². The fourth-order valence-corrected chi connectivity index (χ4v) is 2.88. The Hall–Kier alpha value is -2.37. The van der Waals surface area contributed by atoms with Crippen molar-refractivity contribution in [1.82, 2.24) is 10.5 Å². The molecule has 1 saturated heterocycles. The van der Waals surface area contributed by atoms with Crippen molar-refractivity contribution in [3.63, 3.8) is 0 Å². The van der Waals surface area contributed by atoms with Crippen LogP contribution in [0.5, 0.6) is 5.75 Å². The minimum absolute atomic E-state index is 0.138. The molecule has 1 atom stereocenters. The van der Waals surface area contributed by atoms with Gasteiger partial charge in [0.25, 0.3) is 0 Å². The Balaban J connectivity index is 1.33. The molecule has 2 aromatic carbocycles. The lowest BCUT2D eigenvalue weighted by Crippen LogP contribution is -2.24. The molecular formula is C19H20N2O3. The van der Waals surface area contributed by atoms with Gasteiger partial charge in [-0.15, -0.1) is 0 Å². The van der Waals surface area contributed by atoms with Crippen LogP contribution >= 0.6 is 0 Å². The molecule has 0 bridgehead atoms. The summed E-state index contributed by atoms with van der Waals surface area (Å²) in [5, 5.41) is 9.68. The summed E-state index contributed by atoms with van der Waals surface area (Å²) in [7, 11) is 0. The van der Waals surface area contributed by atoms with Crippen LogP contribution in [-0.4, -0.2) is 17.9 Å². The Morgan fingerprint density at radius 3 is 2.88 bits per heavy atom. The lowest BCUT2D eigenvalue weighted by atomic mass is 10.1. The summed E-state index contributed by atoms with van der Waals surface area (Å²) < 4.78 is 16.9. The highest BCUT2D eigenvalue weighted by atomic mass is 16.5. The van der Waals surface area contributed by atoms with Gasteiger partial charge in [-0.25, -0.2) is 0 Å². The molecule has 1 N–H and O–H groups in total. The van der Waals surface area contributed by atoms with Gasteiger partial charge in [0.1, 0.15) is 24.3 Å². The van der Waals surface area contributed by atoms with Crippen molar-refractivity contribution in [3.8, 4) is 5.75 Å². The maximum Gasteiger partial charge on any atom is 0.174 e. The molecule has 1 unspecified atom stereocenters. The van der Waals surface area contributed by atoms with E-state index < -0.39 is 0 Å². The van der Waals surface area contributed by atoms with Gasteiger partial charge in [-0.2, -0.15) is 0 Å². The first-order valence-electron chi connectivity index (χ1n) is 8.28. The molecule has 1 aromatic heterocycles. The van der Waals surface area contributed by atoms with Gasteiger partial charge < -0.3 is 14.0 Å². The zero-order valence-electron chi connectivity index (χ0n) is 13.4. The second-order valence-electron chi connectivity index (χ2n) is 5.98. The van der Waals surface area contributed by atoms with E-state index in [1.54, 1.807) is 0 Å². The molecule has 0 radical (unpaired) electrons. The van der Waals surface area contributed by atoms with Crippen LogP contribution in [0, 0.1) is 0 Å². The minimum atomic E-state index is 0.138. The van der Waals surface area contributed by atoms with Gasteiger partial charge in [0.05, 0.1) is 6.61 Å². The number of aromatic nitrogens is 1. The number of rotatable bonds is 6. The largest absolute Gasteiger partial charge is 0.486 e. The van der Waals surface area contributed by atoms with E-state index in [-0.39, 0.29) is 6.23 Å². The van der Waals surface area contributed by atoms with Crippen molar-refractivity contribution < 1.29 is 14.0 Å². The SMILES string of the molecule is c1ccc2cc(OCc3cc(COC4CCCN4)no3)ccc2c1. The van der Waals surface area contributed by atoms with Crippen molar-refractivity contribution in [2.75, 3.05) is 6.54 Å². The van der Waals surface area contributed by atoms with Gasteiger partial charge in [0, 0.05) is 6.07 Å². The summed E-state index contributed by atoms with van der Waals surface area (Å²) in [6, 6.07) is 16.1. The minimum Gasteiger partial charge on any atom is -0.486 e. The highest BCUT2D eigenvalue weighted by molar-refractivity contribution is 5.83. The quantitative estimate of drug-likeness (QED) is 0.750. The fourth-order valence-electron chi connectivity index (χ4n) is 2.88. The Morgan fingerprint density at radius 1 is 1.08 bits per heavy atom. The Morgan fingerprint density at radius 2 is 2.00 bits per heavy atom. The normalized spacial score (nSPS) is 17.4. The zero-order chi connectivity index (χ0) is 16.2. The summed E-state index contributed by atoms with van der Waals surface area (Å²) in [6.45, 7) is 1.83. The number of hydrogen-bond donors (Lipinski definition) is 1. The van der Waals surface area contributed by atoms with Crippen LogP contribution in [0.25, 0.3) is 10.8 Å². The summed E-state index contributed by atoms with van der Waals surface area (Å²) >= 11 is 0. The second kappa shape index (κ2) is 7.03. The molecule has 3 aromatic rings. The summed E-state index contributed by atoms with van der Waals surface area (Å²) in [5.41, 5.74) is 0.792. The molecule has 0 spiro atoms. The first-order valence-corrected chi connectivity index (χ1v) is 8.28. The molecule has 0 saturated carbocycles. The number of nitrogens with zero attached hydrogens (tertiary/aromatic N) is 1. The first-order chi connectivity index (χ1) is 11.9. The average molecular weight is 324 g/mol. The molecule has 124 valence electrons. The van der Waals surface area contributed by atoms with Crippen LogP contribution in [0.3, 0.4) is 0 Å². The Bertz CT molecular complexity index is 809. The van der Waals surface area contributed by atoms with Crippen LogP contribution in [0.2, 0.25) is 0 Å². The average Bonchev–Trinajstić information content (AvgIpc) is 3.29. The predicted molar refractivity (Wildman–Crippen MR) is 90.6 cm³/mol. The lowest BCUT2D eigenvalue weighted by molar-refractivity contribution is 0.0280. The van der Waals surface area contributed by atoms with Crippen LogP contribution in [0.1, 0.15) is 24.3 Å². The first kappa shape index (κ1) is 15.2. The Labute approximate surface area is 140 Å². The summed E-state index contributed by atoms with van der Waals surface area (Å²) in [6.07, 6.45) is 2.35. The molecule has 1 aliphatic rings. The smallest absolute Gasteiger partial charge is 0.174 e. The fraction of sp³-hybridized carbons (Fsp3) is 0.316. The molecule has 0 amide bonds. The van der Waals surface area contributed by atoms with Crippen LogP contribution in [0.15, 0.2) is 53.1 Å². The molecule has 0 aliphatic carbocycles. The molecule has 1 fully saturated rings. The van der Waals surface area contributed by atoms with Crippen molar-refractivity contribution in [1.29, 1.82) is 0 Å². The van der Waals surface area contributed by atoms with Gasteiger partial charge in [-0.05, 0) is 42.3 Å². The predicted octanol–water partition coefficient (Wildman–Crippen LogP) is 3.63. The third kappa shape index (κ3) is 3.58. The van der Waals surface area contributed by atoms with Crippen molar-refractivity contribution in [3.05, 3.63) is 60.0 Å². The Kier molecular flexibility index (Phi) is 4.44. The molecular weight excluding hydrogens is 304 g/mol. The monoisotopic (exact) mass is 324 g/mol. The summed E-state index contributed by atoms with van der Waals surface area (Å²) in [5.74, 6) is 1.51. The zero-order valence-corrected chi connectivity index (χ0v) is 13.4. The van der Waals surface area contributed by atoms with Gasteiger partial charge in [0.15, 0.2) is 5.76 Å². The standard InChI is InChI=1S/C19H20N2O3/c1-2-5-15-10-17(8-7-14(15)4-1)22-13-18-11-16(21-24-18)12-23-19-6-3-9-20-19/h1-2,4-5,7-8,10-11,19-20H,3,6,9,12-13H2. The van der Waals surface area contributed by atoms with E-state index >= 15 is 0 Å². The number of fused-ring (bicyclic) bond motifs is 1. The van der Waals surface area contributed by atoms with Crippen LogP contribution in [-0.2, 0) is 18.0 Å². The van der Waals surface area contributed by atoms with E-state index in [4.69, 9.17) is 14.0 Å². The number of nitrogens with one attached hydrogen (secondary N) is 1. The highest BCUT2D eigenvalue weighted by Gasteiger charge is 2.15. The maximum atomic E-state index is 5.80. The molecule has 24 heavy (non-hydrogen) atoms. The number of ether oxygens (including phenoxy) is 2. The topological polar surface area (TPSA) is 56.5 Å². The van der Waals surface area contributed by atoms with E-state index in [0.717, 1.165) is 36.2 Å². The molecule has 1 aliphatic heterocycles. The molecule has 2 heterocycles. The van der Waals surface area contributed by atoms with Gasteiger partial charge in [-0.3, -0.25) is 5.32 Å². The second-order valence-corrected chi connectivity index (χ2v) is 5.98. The molecule has 5 nitrogen and oxygen atoms in total. The van der Waals surface area contributed by atoms with Gasteiger partial charge in [0.2, 0.25) is 0 Å². The van der Waals surface area contributed by atoms with Gasteiger partial charge in [-0.1, -0.05) is 35.5 Å². The number of hydrogen-bond acceptors (Lipinski definition) is 5. The van der Waals surface area contributed by atoms with Crippen LogP contribution < -0.4 is 10.1 Å². The van der Waals surface area contributed by atoms with E-state index in [9.17, 15) is 0 Å². The number of benzene rings is 2. The van der Waals surface area contributed by atoms with Crippen molar-refractivity contribution in [2.45, 2.75) is 32.3 Å². The summed E-state index contributed by atoms with van der Waals surface area (Å²) in [4.78, 5) is 0. The van der Waals surface area contributed by atoms with E-state index in [1.807, 2.05) is 30.3 Å². The highest BCUT2D eigenvalue weighted by Crippen LogP contribution is 2.21. The van der Waals surface area contributed by atoms with E-state index in [2.05, 4.69) is 28.7 Å². The van der Waals surface area contributed by atoms with Crippen molar-refractivity contribution >= 4 is 10.8 Å². The molecule has 5 heteroatoms. The van der Waals surface area contributed by atoms with Crippen molar-refractivity contribution in [2.24, 2.45) is 0 Å². The lowest BCUT2D eigenvalue weighted by Gasteiger charge is -2.09.